The van der Waals surface area contributed by atoms with E-state index in [1.54, 1.807) is 6.92 Å². The highest BCUT2D eigenvalue weighted by molar-refractivity contribution is 4.94. The lowest BCUT2D eigenvalue weighted by molar-refractivity contribution is -0.366. The summed E-state index contributed by atoms with van der Waals surface area (Å²) in [5, 5.41) is 40.4. The standard InChI is InChI=1S/C17H30O10/c1-5-6-24-16-15(12(21)13(22-3)9(7-18)26-16)27-17-14(23-4)11(20)10(19)8(2)25-17/h5,8-21H,1,6-7H2,2-4H3/t8-,9+,10+,11+,12-,13-,14-,15+,16+,17-/m0/s1. The summed E-state index contributed by atoms with van der Waals surface area (Å²) < 4.78 is 33.1. The monoisotopic (exact) mass is 394 g/mol. The molecule has 10 nitrogen and oxygen atoms in total. The molecule has 0 aromatic heterocycles. The Kier molecular flexibility index (Phi) is 8.56. The molecule has 0 amide bonds. The lowest BCUT2D eigenvalue weighted by atomic mass is 9.97. The third-order valence-corrected chi connectivity index (χ3v) is 4.80. The van der Waals surface area contributed by atoms with Gasteiger partial charge in [0.1, 0.15) is 42.7 Å². The maximum atomic E-state index is 10.7. The highest BCUT2D eigenvalue weighted by atomic mass is 16.8. The van der Waals surface area contributed by atoms with Gasteiger partial charge in [0.2, 0.25) is 0 Å². The van der Waals surface area contributed by atoms with Crippen molar-refractivity contribution in [2.45, 2.75) is 68.3 Å². The Morgan fingerprint density at radius 3 is 2.15 bits per heavy atom. The second-order valence-corrected chi connectivity index (χ2v) is 6.53. The van der Waals surface area contributed by atoms with Gasteiger partial charge in [-0.2, -0.15) is 0 Å². The van der Waals surface area contributed by atoms with Gasteiger partial charge in [-0.25, -0.2) is 0 Å². The molecule has 2 saturated heterocycles. The zero-order valence-corrected chi connectivity index (χ0v) is 15.7. The number of methoxy groups -OCH3 is 2. The number of aliphatic hydroxyl groups is 4. The van der Waals surface area contributed by atoms with E-state index in [0.717, 1.165) is 0 Å². The third kappa shape index (κ3) is 4.85. The minimum absolute atomic E-state index is 0.115. The van der Waals surface area contributed by atoms with E-state index in [-0.39, 0.29) is 6.61 Å². The van der Waals surface area contributed by atoms with Crippen molar-refractivity contribution in [2.24, 2.45) is 0 Å². The summed E-state index contributed by atoms with van der Waals surface area (Å²) in [5.74, 6) is 0. The van der Waals surface area contributed by atoms with E-state index < -0.39 is 68.0 Å². The summed E-state index contributed by atoms with van der Waals surface area (Å²) in [7, 11) is 2.72. The summed E-state index contributed by atoms with van der Waals surface area (Å²) in [4.78, 5) is 0. The molecule has 0 aromatic carbocycles. The molecule has 2 rings (SSSR count). The van der Waals surface area contributed by atoms with Gasteiger partial charge in [-0.15, -0.1) is 6.58 Å². The molecule has 2 fully saturated rings. The van der Waals surface area contributed by atoms with E-state index in [1.165, 1.54) is 20.3 Å². The lowest BCUT2D eigenvalue weighted by Gasteiger charge is -2.47. The fourth-order valence-electron chi connectivity index (χ4n) is 3.29. The zero-order chi connectivity index (χ0) is 20.1. The van der Waals surface area contributed by atoms with Crippen molar-refractivity contribution in [3.8, 4) is 0 Å². The zero-order valence-electron chi connectivity index (χ0n) is 15.7. The quantitative estimate of drug-likeness (QED) is 0.347. The molecule has 0 unspecified atom stereocenters. The summed E-state index contributed by atoms with van der Waals surface area (Å²) in [6, 6.07) is 0. The normalized spacial score (nSPS) is 45.6. The molecular weight excluding hydrogens is 364 g/mol. The van der Waals surface area contributed by atoms with Gasteiger partial charge < -0.3 is 48.8 Å². The van der Waals surface area contributed by atoms with E-state index in [9.17, 15) is 20.4 Å². The lowest BCUT2D eigenvalue weighted by Crippen LogP contribution is -2.64. The number of hydrogen-bond donors (Lipinski definition) is 4. The molecule has 0 spiro atoms. The molecule has 10 heteroatoms. The molecule has 0 radical (unpaired) electrons. The Bertz CT molecular complexity index is 463. The fraction of sp³-hybridized carbons (Fsp3) is 0.882. The van der Waals surface area contributed by atoms with Crippen molar-refractivity contribution in [3.05, 3.63) is 12.7 Å². The average Bonchev–Trinajstić information content (AvgIpc) is 2.66. The number of hydrogen-bond acceptors (Lipinski definition) is 10. The molecule has 0 saturated carbocycles. The SMILES string of the molecule is C=CCO[C@@H]1O[C@H](CO)[C@H](OC)[C@H](O)[C@H]1O[C@@H]1O[C@@H](C)[C@@H](O)[C@@H](O)[C@@H]1OC. The molecular formula is C17H30O10. The number of ether oxygens (including phenoxy) is 6. The molecule has 158 valence electrons. The van der Waals surface area contributed by atoms with E-state index in [4.69, 9.17) is 28.4 Å². The van der Waals surface area contributed by atoms with Crippen LogP contribution in [0.5, 0.6) is 0 Å². The molecule has 2 aliphatic rings. The van der Waals surface area contributed by atoms with Crippen molar-refractivity contribution in [1.82, 2.24) is 0 Å². The molecule has 0 bridgehead atoms. The molecule has 2 heterocycles. The maximum absolute atomic E-state index is 10.7. The van der Waals surface area contributed by atoms with E-state index in [1.807, 2.05) is 0 Å². The second-order valence-electron chi connectivity index (χ2n) is 6.53. The first-order valence-corrected chi connectivity index (χ1v) is 8.79. The van der Waals surface area contributed by atoms with Crippen LogP contribution in [0.1, 0.15) is 6.92 Å². The summed E-state index contributed by atoms with van der Waals surface area (Å²) in [6.07, 6.45) is -8.79. The van der Waals surface area contributed by atoms with Crippen LogP contribution in [0.15, 0.2) is 12.7 Å². The predicted octanol–water partition coefficient (Wildman–Crippen LogP) is -1.85. The van der Waals surface area contributed by atoms with Gasteiger partial charge in [-0.05, 0) is 6.92 Å². The minimum Gasteiger partial charge on any atom is -0.394 e. The molecule has 4 N–H and O–H groups in total. The van der Waals surface area contributed by atoms with Crippen molar-refractivity contribution >= 4 is 0 Å². The minimum atomic E-state index is -1.25. The van der Waals surface area contributed by atoms with Crippen LogP contribution in [0.3, 0.4) is 0 Å². The first kappa shape index (κ1) is 22.6. The number of aliphatic hydroxyl groups excluding tert-OH is 4. The summed E-state index contributed by atoms with van der Waals surface area (Å²) >= 11 is 0. The maximum Gasteiger partial charge on any atom is 0.187 e. The predicted molar refractivity (Wildman–Crippen MR) is 90.7 cm³/mol. The molecule has 0 aromatic rings. The van der Waals surface area contributed by atoms with Crippen LogP contribution in [0.4, 0.5) is 0 Å². The van der Waals surface area contributed by atoms with Crippen molar-refractivity contribution in [1.29, 1.82) is 0 Å². The molecule has 27 heavy (non-hydrogen) atoms. The Hall–Kier alpha value is -0.660. The summed E-state index contributed by atoms with van der Waals surface area (Å²) in [6.45, 7) is 4.87. The van der Waals surface area contributed by atoms with Gasteiger partial charge >= 0.3 is 0 Å². The van der Waals surface area contributed by atoms with Gasteiger partial charge in [0, 0.05) is 14.2 Å². The fourth-order valence-corrected chi connectivity index (χ4v) is 3.29. The van der Waals surface area contributed by atoms with E-state index in [2.05, 4.69) is 6.58 Å². The first-order chi connectivity index (χ1) is 12.9. The Labute approximate surface area is 158 Å². The Balaban J connectivity index is 2.21. The Morgan fingerprint density at radius 2 is 1.59 bits per heavy atom. The highest BCUT2D eigenvalue weighted by Gasteiger charge is 2.51. The number of rotatable bonds is 8. The van der Waals surface area contributed by atoms with E-state index >= 15 is 0 Å². The van der Waals surface area contributed by atoms with Gasteiger partial charge in [0.05, 0.1) is 19.3 Å². The van der Waals surface area contributed by atoms with Crippen LogP contribution in [0.25, 0.3) is 0 Å². The van der Waals surface area contributed by atoms with Gasteiger partial charge in [0.15, 0.2) is 12.6 Å². The van der Waals surface area contributed by atoms with Gasteiger partial charge in [-0.1, -0.05) is 6.08 Å². The highest BCUT2D eigenvalue weighted by Crippen LogP contribution is 2.31. The van der Waals surface area contributed by atoms with Crippen molar-refractivity contribution < 1.29 is 48.8 Å². The van der Waals surface area contributed by atoms with E-state index in [0.29, 0.717) is 0 Å². The summed E-state index contributed by atoms with van der Waals surface area (Å²) in [5.41, 5.74) is 0. The van der Waals surface area contributed by atoms with Crippen LogP contribution in [0, 0.1) is 0 Å². The molecule has 0 aliphatic carbocycles. The topological polar surface area (TPSA) is 136 Å². The van der Waals surface area contributed by atoms with Gasteiger partial charge in [0.25, 0.3) is 0 Å². The first-order valence-electron chi connectivity index (χ1n) is 8.79. The van der Waals surface area contributed by atoms with Crippen LogP contribution in [-0.4, -0.2) is 109 Å². The largest absolute Gasteiger partial charge is 0.394 e. The average molecular weight is 394 g/mol. The third-order valence-electron chi connectivity index (χ3n) is 4.80. The van der Waals surface area contributed by atoms with Crippen molar-refractivity contribution in [2.75, 3.05) is 27.4 Å². The molecule has 2 aliphatic heterocycles. The van der Waals surface area contributed by atoms with Crippen LogP contribution in [-0.2, 0) is 28.4 Å². The van der Waals surface area contributed by atoms with Crippen LogP contribution >= 0.6 is 0 Å². The second kappa shape index (κ2) is 10.2. The van der Waals surface area contributed by atoms with Gasteiger partial charge in [-0.3, -0.25) is 0 Å². The molecule has 10 atom stereocenters. The van der Waals surface area contributed by atoms with Crippen LogP contribution in [0.2, 0.25) is 0 Å². The smallest absolute Gasteiger partial charge is 0.187 e. The Morgan fingerprint density at radius 1 is 0.926 bits per heavy atom. The van der Waals surface area contributed by atoms with Crippen molar-refractivity contribution in [3.63, 3.8) is 0 Å². The van der Waals surface area contributed by atoms with Crippen LogP contribution < -0.4 is 0 Å².